The van der Waals surface area contributed by atoms with Gasteiger partial charge in [-0.15, -0.1) is 0 Å². The molecule has 2 N–H and O–H groups in total. The molecule has 0 aliphatic carbocycles. The molecule has 2 aromatic rings. The van der Waals surface area contributed by atoms with Crippen LogP contribution in [0.3, 0.4) is 0 Å². The lowest BCUT2D eigenvalue weighted by molar-refractivity contribution is -0.858. The second-order valence-electron chi connectivity index (χ2n) is 4.77. The standard InChI is InChI=1S/C13H17N3O2S/c1-15(2)9-5-8-14-12-10-6-3-4-7-11(10)19-13(12)16(17)18/h3-4,6-7,14H,5,8-9H2,1-2H3/p+1. The van der Waals surface area contributed by atoms with E-state index < -0.39 is 0 Å². The van der Waals surface area contributed by atoms with Gasteiger partial charge in [0.2, 0.25) is 0 Å². The van der Waals surface area contributed by atoms with Gasteiger partial charge in [0.05, 0.1) is 25.6 Å². The first-order valence-electron chi connectivity index (χ1n) is 6.28. The molecule has 1 aromatic carbocycles. The molecule has 0 amide bonds. The fraction of sp³-hybridized carbons (Fsp3) is 0.385. The Balaban J connectivity index is 2.19. The molecule has 0 atom stereocenters. The van der Waals surface area contributed by atoms with E-state index >= 15 is 0 Å². The molecule has 0 bridgehead atoms. The molecule has 0 unspecified atom stereocenters. The van der Waals surface area contributed by atoms with Crippen LogP contribution in [0.4, 0.5) is 10.7 Å². The van der Waals surface area contributed by atoms with Gasteiger partial charge in [0.15, 0.2) is 0 Å². The molecule has 0 aliphatic heterocycles. The summed E-state index contributed by atoms with van der Waals surface area (Å²) < 4.78 is 0.954. The quantitative estimate of drug-likeness (QED) is 0.481. The lowest BCUT2D eigenvalue weighted by Gasteiger charge is -2.08. The normalized spacial score (nSPS) is 11.1. The highest BCUT2D eigenvalue weighted by Gasteiger charge is 2.20. The molecule has 6 heteroatoms. The summed E-state index contributed by atoms with van der Waals surface area (Å²) in [5.41, 5.74) is 0.666. The highest BCUT2D eigenvalue weighted by Crippen LogP contribution is 2.41. The maximum atomic E-state index is 11.1. The second-order valence-corrected chi connectivity index (χ2v) is 5.80. The number of thiophene rings is 1. The van der Waals surface area contributed by atoms with Crippen LogP contribution in [0.25, 0.3) is 10.1 Å². The van der Waals surface area contributed by atoms with Crippen LogP contribution in [0, 0.1) is 10.1 Å². The largest absolute Gasteiger partial charge is 0.378 e. The molecule has 0 radical (unpaired) electrons. The minimum Gasteiger partial charge on any atom is -0.378 e. The van der Waals surface area contributed by atoms with Crippen molar-refractivity contribution < 1.29 is 9.82 Å². The van der Waals surface area contributed by atoms with Crippen LogP contribution in [-0.2, 0) is 0 Å². The average molecular weight is 280 g/mol. The lowest BCUT2D eigenvalue weighted by Crippen LogP contribution is -3.05. The van der Waals surface area contributed by atoms with E-state index in [0.717, 1.165) is 29.6 Å². The maximum Gasteiger partial charge on any atom is 0.348 e. The molecule has 1 aromatic heterocycles. The van der Waals surface area contributed by atoms with Gasteiger partial charge in [0.1, 0.15) is 5.69 Å². The van der Waals surface area contributed by atoms with E-state index in [1.807, 2.05) is 24.3 Å². The number of benzene rings is 1. The second kappa shape index (κ2) is 5.99. The first kappa shape index (κ1) is 13.8. The zero-order valence-corrected chi connectivity index (χ0v) is 11.9. The molecule has 1 heterocycles. The third-order valence-electron chi connectivity index (χ3n) is 2.90. The van der Waals surface area contributed by atoms with Gasteiger partial charge in [-0.1, -0.05) is 29.5 Å². The van der Waals surface area contributed by atoms with Gasteiger partial charge >= 0.3 is 5.00 Å². The number of nitro groups is 1. The minimum atomic E-state index is -0.301. The molecule has 19 heavy (non-hydrogen) atoms. The zero-order valence-electron chi connectivity index (χ0n) is 11.1. The van der Waals surface area contributed by atoms with Crippen LogP contribution in [0.5, 0.6) is 0 Å². The van der Waals surface area contributed by atoms with Crippen molar-refractivity contribution in [3.63, 3.8) is 0 Å². The highest BCUT2D eigenvalue weighted by atomic mass is 32.1. The number of fused-ring (bicyclic) bond motifs is 1. The van der Waals surface area contributed by atoms with E-state index in [9.17, 15) is 10.1 Å². The Kier molecular flexibility index (Phi) is 4.34. The number of nitrogens with one attached hydrogen (secondary N) is 2. The predicted octanol–water partition coefficient (Wildman–Crippen LogP) is 1.76. The molecule has 0 aliphatic rings. The Labute approximate surface area is 116 Å². The summed E-state index contributed by atoms with van der Waals surface area (Å²) in [5, 5.41) is 15.5. The minimum absolute atomic E-state index is 0.207. The topological polar surface area (TPSA) is 59.6 Å². The fourth-order valence-corrected chi connectivity index (χ4v) is 2.98. The Bertz CT molecular complexity index is 580. The van der Waals surface area contributed by atoms with Gasteiger partial charge in [-0.3, -0.25) is 10.1 Å². The maximum absolute atomic E-state index is 11.1. The first-order chi connectivity index (χ1) is 9.09. The number of quaternary nitrogens is 1. The van der Waals surface area contributed by atoms with Gasteiger partial charge in [-0.2, -0.15) is 0 Å². The van der Waals surface area contributed by atoms with Gasteiger partial charge in [-0.25, -0.2) is 0 Å². The van der Waals surface area contributed by atoms with Crippen molar-refractivity contribution in [3.8, 4) is 0 Å². The van der Waals surface area contributed by atoms with Crippen molar-refractivity contribution in [1.29, 1.82) is 0 Å². The fourth-order valence-electron chi connectivity index (χ4n) is 1.99. The molecule has 0 saturated carbocycles. The van der Waals surface area contributed by atoms with Crippen LogP contribution < -0.4 is 10.2 Å². The average Bonchev–Trinajstić information content (AvgIpc) is 2.73. The third-order valence-corrected chi connectivity index (χ3v) is 4.02. The van der Waals surface area contributed by atoms with E-state index in [-0.39, 0.29) is 9.92 Å². The van der Waals surface area contributed by atoms with E-state index in [1.165, 1.54) is 16.2 Å². The summed E-state index contributed by atoms with van der Waals surface area (Å²) in [6, 6.07) is 7.66. The Morgan fingerprint density at radius 3 is 2.79 bits per heavy atom. The third kappa shape index (κ3) is 3.21. The van der Waals surface area contributed by atoms with Crippen LogP contribution >= 0.6 is 11.3 Å². The van der Waals surface area contributed by atoms with E-state index in [2.05, 4.69) is 19.4 Å². The number of hydrogen-bond acceptors (Lipinski definition) is 4. The summed E-state index contributed by atoms with van der Waals surface area (Å²) >= 11 is 1.23. The summed E-state index contributed by atoms with van der Waals surface area (Å²) in [6.07, 6.45) is 0.990. The molecule has 2 rings (SSSR count). The zero-order chi connectivity index (χ0) is 13.8. The van der Waals surface area contributed by atoms with Crippen LogP contribution in [0.2, 0.25) is 0 Å². The molecule has 0 fully saturated rings. The molecule has 5 nitrogen and oxygen atoms in total. The van der Waals surface area contributed by atoms with Gasteiger partial charge in [0, 0.05) is 23.1 Å². The predicted molar refractivity (Wildman–Crippen MR) is 79.3 cm³/mol. The molecule has 0 saturated heterocycles. The SMILES string of the molecule is C[NH+](C)CCCNc1c([N+](=O)[O-])sc2ccccc12. The molecular formula is C13H18N3O2S+. The lowest BCUT2D eigenvalue weighted by atomic mass is 10.2. The van der Waals surface area contributed by atoms with Crippen molar-refractivity contribution in [3.05, 3.63) is 34.4 Å². The first-order valence-corrected chi connectivity index (χ1v) is 7.10. The van der Waals surface area contributed by atoms with Crippen molar-refractivity contribution in [2.45, 2.75) is 6.42 Å². The molecule has 0 spiro atoms. The highest BCUT2D eigenvalue weighted by molar-refractivity contribution is 7.23. The Morgan fingerprint density at radius 2 is 2.11 bits per heavy atom. The van der Waals surface area contributed by atoms with Crippen LogP contribution in [0.15, 0.2) is 24.3 Å². The molecule has 102 valence electrons. The summed E-state index contributed by atoms with van der Waals surface area (Å²) in [5.74, 6) is 0. The van der Waals surface area contributed by atoms with Crippen LogP contribution in [0.1, 0.15) is 6.42 Å². The molecular weight excluding hydrogens is 262 g/mol. The van der Waals surface area contributed by atoms with Crippen LogP contribution in [-0.4, -0.2) is 32.1 Å². The van der Waals surface area contributed by atoms with Crippen molar-refractivity contribution in [2.24, 2.45) is 0 Å². The number of rotatable bonds is 6. The van der Waals surface area contributed by atoms with E-state index in [0.29, 0.717) is 5.69 Å². The summed E-state index contributed by atoms with van der Waals surface area (Å²) in [4.78, 5) is 12.2. The van der Waals surface area contributed by atoms with E-state index in [1.54, 1.807) is 0 Å². The Morgan fingerprint density at radius 1 is 1.37 bits per heavy atom. The number of anilines is 1. The van der Waals surface area contributed by atoms with E-state index in [4.69, 9.17) is 0 Å². The van der Waals surface area contributed by atoms with Crippen molar-refractivity contribution >= 4 is 32.1 Å². The van der Waals surface area contributed by atoms with Gasteiger partial charge in [-0.05, 0) is 6.07 Å². The smallest absolute Gasteiger partial charge is 0.348 e. The van der Waals surface area contributed by atoms with Gasteiger partial charge in [0.25, 0.3) is 0 Å². The number of nitrogens with zero attached hydrogens (tertiary/aromatic N) is 1. The summed E-state index contributed by atoms with van der Waals surface area (Å²) in [7, 11) is 4.20. The number of hydrogen-bond donors (Lipinski definition) is 2. The van der Waals surface area contributed by atoms with Crippen molar-refractivity contribution in [1.82, 2.24) is 0 Å². The monoisotopic (exact) mass is 280 g/mol. The summed E-state index contributed by atoms with van der Waals surface area (Å²) in [6.45, 7) is 1.80. The Hall–Kier alpha value is -1.66. The van der Waals surface area contributed by atoms with Crippen molar-refractivity contribution in [2.75, 3.05) is 32.5 Å². The van der Waals surface area contributed by atoms with Gasteiger partial charge < -0.3 is 10.2 Å².